The number of piperidine rings is 1. The van der Waals surface area contributed by atoms with Crippen LogP contribution in [-0.4, -0.2) is 32.5 Å². The molecule has 0 bridgehead atoms. The van der Waals surface area contributed by atoms with Gasteiger partial charge in [-0.25, -0.2) is 14.4 Å². The highest BCUT2D eigenvalue weighted by molar-refractivity contribution is 5.94. The highest BCUT2D eigenvalue weighted by Crippen LogP contribution is 2.33. The fraction of sp³-hybridized carbons (Fsp3) is 0.364. The predicted octanol–water partition coefficient (Wildman–Crippen LogP) is 4.56. The van der Waals surface area contributed by atoms with E-state index in [0.717, 1.165) is 41.9 Å². The number of nitrogens with zero attached hydrogens (tertiary/aromatic N) is 4. The van der Waals surface area contributed by atoms with Crippen molar-refractivity contribution >= 4 is 5.91 Å². The second kappa shape index (κ2) is 7.73. The topological polar surface area (TPSA) is 72.1 Å². The fourth-order valence-corrected chi connectivity index (χ4v) is 3.92. The van der Waals surface area contributed by atoms with Gasteiger partial charge in [0.2, 0.25) is 0 Å². The Morgan fingerprint density at radius 1 is 1.14 bits per heavy atom. The number of halogens is 1. The molecule has 1 aliphatic rings. The maximum Gasteiger partial charge on any atom is 0.254 e. The molecule has 1 atom stereocenters. The quantitative estimate of drug-likeness (QED) is 0.651. The second-order valence-electron chi connectivity index (χ2n) is 7.47. The lowest BCUT2D eigenvalue weighted by molar-refractivity contribution is 0.0606. The third-order valence-corrected chi connectivity index (χ3v) is 5.33. The number of aryl methyl sites for hydroxylation is 3. The van der Waals surface area contributed by atoms with Crippen molar-refractivity contribution in [1.82, 2.24) is 20.0 Å². The largest absolute Gasteiger partial charge is 0.361 e. The third-order valence-electron chi connectivity index (χ3n) is 5.33. The lowest BCUT2D eigenvalue weighted by Crippen LogP contribution is -2.39. The summed E-state index contributed by atoms with van der Waals surface area (Å²) < 4.78 is 18.5. The molecule has 3 heterocycles. The molecular weight excluding hydrogens is 371 g/mol. The first-order valence-electron chi connectivity index (χ1n) is 9.79. The Bertz CT molecular complexity index is 1030. The molecule has 2 aromatic heterocycles. The van der Waals surface area contributed by atoms with Crippen LogP contribution in [0.5, 0.6) is 0 Å². The number of hydrogen-bond donors (Lipinski definition) is 0. The van der Waals surface area contributed by atoms with Crippen LogP contribution in [0, 0.1) is 26.6 Å². The van der Waals surface area contributed by atoms with Gasteiger partial charge in [0.25, 0.3) is 5.91 Å². The minimum atomic E-state index is -0.354. The summed E-state index contributed by atoms with van der Waals surface area (Å²) in [7, 11) is 0. The zero-order valence-electron chi connectivity index (χ0n) is 16.8. The normalized spacial score (nSPS) is 16.8. The average Bonchev–Trinajstić information content (AvgIpc) is 3.05. The zero-order valence-corrected chi connectivity index (χ0v) is 16.8. The summed E-state index contributed by atoms with van der Waals surface area (Å²) in [4.78, 5) is 24.4. The van der Waals surface area contributed by atoms with E-state index in [-0.39, 0.29) is 17.8 Å². The molecule has 1 amide bonds. The summed E-state index contributed by atoms with van der Waals surface area (Å²) in [6.07, 6.45) is 2.77. The van der Waals surface area contributed by atoms with Crippen LogP contribution in [-0.2, 0) is 0 Å². The first-order chi connectivity index (χ1) is 13.9. The predicted molar refractivity (Wildman–Crippen MR) is 106 cm³/mol. The van der Waals surface area contributed by atoms with E-state index in [2.05, 4.69) is 10.1 Å². The van der Waals surface area contributed by atoms with Gasteiger partial charge in [0, 0.05) is 17.8 Å². The Hall–Kier alpha value is -3.09. The lowest BCUT2D eigenvalue weighted by atomic mass is 9.97. The summed E-state index contributed by atoms with van der Waals surface area (Å²) in [5, 5.41) is 4.00. The van der Waals surface area contributed by atoms with Gasteiger partial charge in [0.15, 0.2) is 5.82 Å². The van der Waals surface area contributed by atoms with Crippen molar-refractivity contribution < 1.29 is 13.7 Å². The Morgan fingerprint density at radius 2 is 1.90 bits per heavy atom. The molecule has 0 spiro atoms. The number of likely N-dealkylation sites (tertiary alicyclic amines) is 1. The first kappa shape index (κ1) is 19.2. The highest BCUT2D eigenvalue weighted by Gasteiger charge is 2.30. The highest BCUT2D eigenvalue weighted by atomic mass is 19.1. The molecule has 0 saturated carbocycles. The monoisotopic (exact) mass is 394 g/mol. The first-order valence-corrected chi connectivity index (χ1v) is 9.79. The van der Waals surface area contributed by atoms with E-state index < -0.39 is 0 Å². The third kappa shape index (κ3) is 3.77. The molecule has 1 fully saturated rings. The Morgan fingerprint density at radius 3 is 2.59 bits per heavy atom. The molecule has 150 valence electrons. The smallest absolute Gasteiger partial charge is 0.254 e. The summed E-state index contributed by atoms with van der Waals surface area (Å²) in [6, 6.07) is 7.48. The summed E-state index contributed by atoms with van der Waals surface area (Å²) in [5.41, 5.74) is 3.64. The van der Waals surface area contributed by atoms with Crippen molar-refractivity contribution in [2.75, 3.05) is 6.54 Å². The fourth-order valence-electron chi connectivity index (χ4n) is 3.92. The van der Waals surface area contributed by atoms with E-state index in [0.29, 0.717) is 23.7 Å². The number of rotatable bonds is 3. The molecule has 7 heteroatoms. The van der Waals surface area contributed by atoms with Crippen molar-refractivity contribution in [2.45, 2.75) is 46.1 Å². The summed E-state index contributed by atoms with van der Waals surface area (Å²) in [6.45, 7) is 6.26. The van der Waals surface area contributed by atoms with Crippen LogP contribution in [0.4, 0.5) is 4.39 Å². The van der Waals surface area contributed by atoms with E-state index in [9.17, 15) is 9.18 Å². The van der Waals surface area contributed by atoms with Gasteiger partial charge in [0.05, 0.1) is 23.0 Å². The molecule has 1 aromatic carbocycles. The van der Waals surface area contributed by atoms with Crippen molar-refractivity contribution in [3.05, 3.63) is 64.6 Å². The standard InChI is InChI=1S/C22H23FN4O2/c1-13-12-18(25-21(24-13)20-14(2)26-29-15(20)3)19-6-4-5-11-27(19)22(28)16-7-9-17(23)10-8-16/h7-10,12,19H,4-6,11H2,1-3H3/t19-/m1/s1. The van der Waals surface area contributed by atoms with Gasteiger partial charge < -0.3 is 9.42 Å². The molecule has 0 unspecified atom stereocenters. The number of aromatic nitrogens is 3. The molecule has 6 nitrogen and oxygen atoms in total. The van der Waals surface area contributed by atoms with Crippen LogP contribution in [0.2, 0.25) is 0 Å². The van der Waals surface area contributed by atoms with Crippen molar-refractivity contribution in [2.24, 2.45) is 0 Å². The SMILES string of the molecule is Cc1cc([C@H]2CCCCN2C(=O)c2ccc(F)cc2)nc(-c2c(C)noc2C)n1. The van der Waals surface area contributed by atoms with E-state index in [1.807, 2.05) is 31.7 Å². The average molecular weight is 394 g/mol. The van der Waals surface area contributed by atoms with E-state index in [1.54, 1.807) is 0 Å². The Labute approximate surface area is 168 Å². The van der Waals surface area contributed by atoms with Gasteiger partial charge in [-0.2, -0.15) is 0 Å². The second-order valence-corrected chi connectivity index (χ2v) is 7.47. The van der Waals surface area contributed by atoms with Gasteiger partial charge >= 0.3 is 0 Å². The van der Waals surface area contributed by atoms with Crippen LogP contribution >= 0.6 is 0 Å². The van der Waals surface area contributed by atoms with Gasteiger partial charge in [0.1, 0.15) is 11.6 Å². The number of benzene rings is 1. The maximum atomic E-state index is 13.3. The molecule has 0 aliphatic carbocycles. The van der Waals surface area contributed by atoms with Crippen LogP contribution < -0.4 is 0 Å². The number of carbonyl (C=O) groups is 1. The van der Waals surface area contributed by atoms with Gasteiger partial charge in [-0.15, -0.1) is 0 Å². The molecule has 4 rings (SSSR count). The van der Waals surface area contributed by atoms with Crippen molar-refractivity contribution in [3.8, 4) is 11.4 Å². The van der Waals surface area contributed by atoms with Crippen LogP contribution in [0.15, 0.2) is 34.9 Å². The van der Waals surface area contributed by atoms with Crippen molar-refractivity contribution in [1.29, 1.82) is 0 Å². The van der Waals surface area contributed by atoms with Crippen LogP contribution in [0.3, 0.4) is 0 Å². The number of hydrogen-bond acceptors (Lipinski definition) is 5. The minimum Gasteiger partial charge on any atom is -0.361 e. The maximum absolute atomic E-state index is 13.3. The minimum absolute atomic E-state index is 0.107. The van der Waals surface area contributed by atoms with Crippen molar-refractivity contribution in [3.63, 3.8) is 0 Å². The molecule has 1 saturated heterocycles. The molecular formula is C22H23FN4O2. The zero-order chi connectivity index (χ0) is 20.5. The molecule has 0 radical (unpaired) electrons. The van der Waals surface area contributed by atoms with Crippen LogP contribution in [0.25, 0.3) is 11.4 Å². The van der Waals surface area contributed by atoms with E-state index in [4.69, 9.17) is 9.51 Å². The number of carbonyl (C=O) groups excluding carboxylic acids is 1. The van der Waals surface area contributed by atoms with Crippen LogP contribution in [0.1, 0.15) is 58.5 Å². The lowest BCUT2D eigenvalue weighted by Gasteiger charge is -2.35. The Balaban J connectivity index is 1.72. The van der Waals surface area contributed by atoms with Gasteiger partial charge in [-0.1, -0.05) is 5.16 Å². The van der Waals surface area contributed by atoms with E-state index in [1.165, 1.54) is 24.3 Å². The number of amides is 1. The Kier molecular flexibility index (Phi) is 5.13. The molecule has 29 heavy (non-hydrogen) atoms. The van der Waals surface area contributed by atoms with Gasteiger partial charge in [-0.3, -0.25) is 4.79 Å². The summed E-state index contributed by atoms with van der Waals surface area (Å²) >= 11 is 0. The van der Waals surface area contributed by atoms with E-state index >= 15 is 0 Å². The summed E-state index contributed by atoms with van der Waals surface area (Å²) in [5.74, 6) is 0.773. The molecule has 3 aromatic rings. The molecule has 0 N–H and O–H groups in total. The van der Waals surface area contributed by atoms with Gasteiger partial charge in [-0.05, 0) is 70.4 Å². The molecule has 1 aliphatic heterocycles.